The summed E-state index contributed by atoms with van der Waals surface area (Å²) in [6, 6.07) is 13.2. The van der Waals surface area contributed by atoms with Gasteiger partial charge in [0.05, 0.1) is 0 Å². The Bertz CT molecular complexity index is 1470. The Balaban J connectivity index is 1.23. The second-order valence-electron chi connectivity index (χ2n) is 13.3. The first-order chi connectivity index (χ1) is 21.9. The van der Waals surface area contributed by atoms with Gasteiger partial charge in [0.1, 0.15) is 0 Å². The summed E-state index contributed by atoms with van der Waals surface area (Å²) in [5, 5.41) is 0. The molecule has 1 fully saturated rings. The summed E-state index contributed by atoms with van der Waals surface area (Å²) in [6.07, 6.45) is 21.5. The lowest BCUT2D eigenvalue weighted by Gasteiger charge is -2.35. The summed E-state index contributed by atoms with van der Waals surface area (Å²) >= 11 is 0. The Morgan fingerprint density at radius 1 is 0.667 bits per heavy atom. The van der Waals surface area contributed by atoms with Crippen LogP contribution in [0.25, 0.3) is 27.8 Å². The first kappa shape index (κ1) is 33.2. The third kappa shape index (κ3) is 7.99. The molecule has 0 aliphatic heterocycles. The number of halogens is 4. The van der Waals surface area contributed by atoms with Gasteiger partial charge in [-0.25, -0.2) is 17.6 Å². The van der Waals surface area contributed by atoms with Gasteiger partial charge in [-0.1, -0.05) is 106 Å². The van der Waals surface area contributed by atoms with E-state index in [1.165, 1.54) is 38.5 Å². The normalized spacial score (nSPS) is 20.5. The molecule has 2 aliphatic carbocycles. The van der Waals surface area contributed by atoms with Crippen molar-refractivity contribution in [3.8, 4) is 22.3 Å². The zero-order valence-electron chi connectivity index (χ0n) is 27.0. The maximum Gasteiger partial charge on any atom is 0.167 e. The third-order valence-electron chi connectivity index (χ3n) is 10.4. The molecule has 4 heteroatoms. The molecule has 1 saturated carbocycles. The van der Waals surface area contributed by atoms with Gasteiger partial charge in [-0.2, -0.15) is 0 Å². The Kier molecular flexibility index (Phi) is 11.8. The van der Waals surface area contributed by atoms with Crippen molar-refractivity contribution in [2.24, 2.45) is 17.8 Å². The number of rotatable bonds is 12. The van der Waals surface area contributed by atoms with Crippen LogP contribution in [0.5, 0.6) is 0 Å². The molecule has 3 aromatic rings. The second-order valence-corrected chi connectivity index (χ2v) is 13.3. The minimum Gasteiger partial charge on any atom is -0.203 e. The Labute approximate surface area is 267 Å². The van der Waals surface area contributed by atoms with Crippen LogP contribution in [0.4, 0.5) is 17.6 Å². The van der Waals surface area contributed by atoms with Gasteiger partial charge in [-0.15, -0.1) is 0 Å². The maximum absolute atomic E-state index is 15.5. The molecule has 0 nitrogen and oxygen atoms in total. The average Bonchev–Trinajstić information content (AvgIpc) is 3.07. The van der Waals surface area contributed by atoms with Gasteiger partial charge in [-0.05, 0) is 105 Å². The second kappa shape index (κ2) is 15.9. The quantitative estimate of drug-likeness (QED) is 0.108. The van der Waals surface area contributed by atoms with Gasteiger partial charge >= 0.3 is 0 Å². The van der Waals surface area contributed by atoms with Gasteiger partial charge in [0.15, 0.2) is 23.3 Å². The minimum atomic E-state index is -0.871. The highest BCUT2D eigenvalue weighted by atomic mass is 19.2. The summed E-state index contributed by atoms with van der Waals surface area (Å²) < 4.78 is 60.7. The highest BCUT2D eigenvalue weighted by Crippen LogP contribution is 2.43. The summed E-state index contributed by atoms with van der Waals surface area (Å²) in [5.74, 6) is -1.13. The van der Waals surface area contributed by atoms with Crippen molar-refractivity contribution in [3.05, 3.63) is 101 Å². The molecule has 0 spiro atoms. The lowest BCUT2D eigenvalue weighted by atomic mass is 9.70. The lowest BCUT2D eigenvalue weighted by molar-refractivity contribution is 0.190. The maximum atomic E-state index is 15.5. The molecule has 0 radical (unpaired) electrons. The predicted octanol–water partition coefficient (Wildman–Crippen LogP) is 13.0. The van der Waals surface area contributed by atoms with E-state index in [2.05, 4.69) is 32.1 Å². The highest BCUT2D eigenvalue weighted by molar-refractivity contribution is 5.74. The van der Waals surface area contributed by atoms with Crippen LogP contribution in [0.2, 0.25) is 0 Å². The minimum absolute atomic E-state index is 0.164. The summed E-state index contributed by atoms with van der Waals surface area (Å²) in [4.78, 5) is 0. The number of hydrogen-bond acceptors (Lipinski definition) is 0. The average molecular weight is 617 g/mol. The van der Waals surface area contributed by atoms with Crippen molar-refractivity contribution in [3.63, 3.8) is 0 Å². The molecular weight excluding hydrogens is 568 g/mol. The summed E-state index contributed by atoms with van der Waals surface area (Å²) in [7, 11) is 0. The van der Waals surface area contributed by atoms with E-state index in [1.54, 1.807) is 48.5 Å². The van der Waals surface area contributed by atoms with Gasteiger partial charge < -0.3 is 0 Å². The molecule has 0 aromatic heterocycles. The fourth-order valence-corrected chi connectivity index (χ4v) is 7.57. The Morgan fingerprint density at radius 3 is 1.91 bits per heavy atom. The SMILES string of the molecule is CC=CCCC1CCC(C2CC=C(c3ccc(-c4ccc(-c5ccc(CCCCCC)c(F)c5F)cc4)c(F)c3F)CC2)CC1. The van der Waals surface area contributed by atoms with Gasteiger partial charge in [0, 0.05) is 16.7 Å². The molecule has 3 aromatic carbocycles. The Hall–Kier alpha value is -3.14. The predicted molar refractivity (Wildman–Crippen MR) is 180 cm³/mol. The molecule has 1 atom stereocenters. The standard InChI is InChI=1S/C41H48F4/c1-3-5-7-9-11-34-24-25-35(39(43)38(34)42)32-20-22-33(23-21-32)37-27-26-36(40(44)41(37)45)31-18-16-30(17-19-31)29-14-12-28(13-15-29)10-8-6-4-2/h4,6,18,20-30H,3,5,7-17,19H2,1-2H3. The van der Waals surface area contributed by atoms with Crippen LogP contribution < -0.4 is 0 Å². The summed E-state index contributed by atoms with van der Waals surface area (Å²) in [6.45, 7) is 4.20. The van der Waals surface area contributed by atoms with Crippen molar-refractivity contribution in [1.29, 1.82) is 0 Å². The van der Waals surface area contributed by atoms with Crippen LogP contribution in [0.1, 0.15) is 108 Å². The third-order valence-corrected chi connectivity index (χ3v) is 10.4. The van der Waals surface area contributed by atoms with E-state index in [1.807, 2.05) is 0 Å². The molecule has 0 saturated heterocycles. The van der Waals surface area contributed by atoms with Crippen molar-refractivity contribution >= 4 is 5.57 Å². The van der Waals surface area contributed by atoms with Gasteiger partial charge in [0.2, 0.25) is 0 Å². The first-order valence-electron chi connectivity index (χ1n) is 17.3. The number of benzene rings is 3. The van der Waals surface area contributed by atoms with Crippen LogP contribution in [-0.4, -0.2) is 0 Å². The van der Waals surface area contributed by atoms with Crippen molar-refractivity contribution in [2.75, 3.05) is 0 Å². The van der Waals surface area contributed by atoms with Crippen LogP contribution in [0, 0.1) is 41.0 Å². The van der Waals surface area contributed by atoms with Gasteiger partial charge in [0.25, 0.3) is 0 Å². The monoisotopic (exact) mass is 616 g/mol. The van der Waals surface area contributed by atoms with E-state index in [4.69, 9.17) is 0 Å². The van der Waals surface area contributed by atoms with Crippen LogP contribution in [-0.2, 0) is 6.42 Å². The molecule has 240 valence electrons. The Morgan fingerprint density at radius 2 is 1.29 bits per heavy atom. The molecule has 5 rings (SSSR count). The fraction of sp³-hybridized carbons (Fsp3) is 0.463. The van der Waals surface area contributed by atoms with Crippen molar-refractivity contribution < 1.29 is 17.6 Å². The smallest absolute Gasteiger partial charge is 0.167 e. The lowest BCUT2D eigenvalue weighted by Crippen LogP contribution is -2.23. The van der Waals surface area contributed by atoms with E-state index in [-0.39, 0.29) is 11.1 Å². The number of allylic oxidation sites excluding steroid dienone is 4. The topological polar surface area (TPSA) is 0 Å². The molecular formula is C41H48F4. The largest absolute Gasteiger partial charge is 0.203 e. The number of unbranched alkanes of at least 4 members (excludes halogenated alkanes) is 3. The number of aryl methyl sites for hydroxylation is 1. The van der Waals surface area contributed by atoms with E-state index in [9.17, 15) is 8.78 Å². The van der Waals surface area contributed by atoms with Crippen LogP contribution in [0.15, 0.2) is 66.8 Å². The molecule has 1 unspecified atom stereocenters. The van der Waals surface area contributed by atoms with Crippen molar-refractivity contribution in [1.82, 2.24) is 0 Å². The van der Waals surface area contributed by atoms with Crippen LogP contribution in [0.3, 0.4) is 0 Å². The van der Waals surface area contributed by atoms with E-state index >= 15 is 8.78 Å². The van der Waals surface area contributed by atoms with Crippen LogP contribution >= 0.6 is 0 Å². The van der Waals surface area contributed by atoms with E-state index in [0.717, 1.165) is 62.4 Å². The fourth-order valence-electron chi connectivity index (χ4n) is 7.57. The zero-order valence-corrected chi connectivity index (χ0v) is 27.0. The first-order valence-corrected chi connectivity index (χ1v) is 17.3. The molecule has 0 amide bonds. The molecule has 0 heterocycles. The zero-order chi connectivity index (χ0) is 31.8. The van der Waals surface area contributed by atoms with E-state index < -0.39 is 23.3 Å². The van der Waals surface area contributed by atoms with Gasteiger partial charge in [-0.3, -0.25) is 0 Å². The molecule has 0 bridgehead atoms. The van der Waals surface area contributed by atoms with E-state index in [0.29, 0.717) is 34.6 Å². The molecule has 2 aliphatic rings. The summed E-state index contributed by atoms with van der Waals surface area (Å²) in [5.41, 5.74) is 2.96. The highest BCUT2D eigenvalue weighted by Gasteiger charge is 2.29. The molecule has 45 heavy (non-hydrogen) atoms. The molecule has 0 N–H and O–H groups in total. The van der Waals surface area contributed by atoms with Crippen molar-refractivity contribution in [2.45, 2.75) is 104 Å². The number of hydrogen-bond donors (Lipinski definition) is 0.